The van der Waals surface area contributed by atoms with Gasteiger partial charge in [0, 0.05) is 12.3 Å². The minimum Gasteiger partial charge on any atom is -0.480 e. The van der Waals surface area contributed by atoms with Crippen LogP contribution in [0.1, 0.15) is 6.92 Å². The molecule has 0 rings (SSSR count). The summed E-state index contributed by atoms with van der Waals surface area (Å²) in [5, 5.41) is 8.02. The molecule has 0 amide bonds. The first kappa shape index (κ1) is 12.7. The largest absolute Gasteiger partial charge is 0.480 e. The summed E-state index contributed by atoms with van der Waals surface area (Å²) in [6.07, 6.45) is 0. The van der Waals surface area contributed by atoms with Gasteiger partial charge in [-0.05, 0) is 6.92 Å². The highest BCUT2D eigenvalue weighted by atomic mass is 35.5. The van der Waals surface area contributed by atoms with Crippen molar-refractivity contribution >= 4 is 30.1 Å². The van der Waals surface area contributed by atoms with E-state index in [-0.39, 0.29) is 17.7 Å². The molecule has 0 spiro atoms. The van der Waals surface area contributed by atoms with E-state index >= 15 is 0 Å². The van der Waals surface area contributed by atoms with E-state index in [1.807, 2.05) is 0 Å². The number of nitrogens with two attached hydrogens (primary N) is 1. The highest BCUT2D eigenvalue weighted by molar-refractivity contribution is 8.00. The molecule has 3 nitrogen and oxygen atoms in total. The standard InChI is InChI=1S/C5H11NO2S.ClH/c1-4(5(7)8)9-3-2-6;/h4H,2-3,6H2,1H3,(H,7,8);1H. The molecule has 0 aliphatic rings. The Morgan fingerprint density at radius 1 is 1.80 bits per heavy atom. The zero-order chi connectivity index (χ0) is 7.28. The lowest BCUT2D eigenvalue weighted by Crippen LogP contribution is -2.14. The Labute approximate surface area is 70.8 Å². The van der Waals surface area contributed by atoms with Crippen LogP contribution in [-0.2, 0) is 4.79 Å². The molecule has 0 heterocycles. The van der Waals surface area contributed by atoms with Gasteiger partial charge in [0.2, 0.25) is 0 Å². The third-order valence-corrected chi connectivity index (χ3v) is 2.01. The summed E-state index contributed by atoms with van der Waals surface area (Å²) < 4.78 is 0. The lowest BCUT2D eigenvalue weighted by atomic mass is 10.5. The highest BCUT2D eigenvalue weighted by Crippen LogP contribution is 2.07. The Morgan fingerprint density at radius 2 is 2.30 bits per heavy atom. The molecule has 1 atom stereocenters. The maximum atomic E-state index is 10.1. The van der Waals surface area contributed by atoms with E-state index in [0.717, 1.165) is 0 Å². The van der Waals surface area contributed by atoms with Gasteiger partial charge >= 0.3 is 5.97 Å². The number of halogens is 1. The minimum atomic E-state index is -0.770. The van der Waals surface area contributed by atoms with Gasteiger partial charge in [-0.1, -0.05) is 0 Å². The summed E-state index contributed by atoms with van der Waals surface area (Å²) in [6, 6.07) is 0. The molecule has 0 aromatic rings. The second-order valence-electron chi connectivity index (χ2n) is 1.64. The zero-order valence-corrected chi connectivity index (χ0v) is 7.37. The van der Waals surface area contributed by atoms with Gasteiger partial charge in [0.15, 0.2) is 0 Å². The molecule has 0 bridgehead atoms. The van der Waals surface area contributed by atoms with Gasteiger partial charge in [0.05, 0.1) is 5.25 Å². The van der Waals surface area contributed by atoms with E-state index in [2.05, 4.69) is 0 Å². The topological polar surface area (TPSA) is 63.3 Å². The number of aliphatic carboxylic acids is 1. The summed E-state index contributed by atoms with van der Waals surface area (Å²) in [6.45, 7) is 2.20. The SMILES string of the molecule is CC(SCCN)C(=O)O.Cl. The number of carboxylic acids is 1. The van der Waals surface area contributed by atoms with Crippen LogP contribution in [0.2, 0.25) is 0 Å². The number of thioether (sulfide) groups is 1. The fraction of sp³-hybridized carbons (Fsp3) is 0.800. The van der Waals surface area contributed by atoms with Crippen molar-refractivity contribution in [3.8, 4) is 0 Å². The van der Waals surface area contributed by atoms with Gasteiger partial charge in [-0.25, -0.2) is 0 Å². The van der Waals surface area contributed by atoms with Crippen LogP contribution < -0.4 is 5.73 Å². The van der Waals surface area contributed by atoms with Crippen molar-refractivity contribution in [1.29, 1.82) is 0 Å². The predicted molar refractivity (Wildman–Crippen MR) is 45.9 cm³/mol. The Bertz CT molecular complexity index is 102. The quantitative estimate of drug-likeness (QED) is 0.673. The first-order chi connectivity index (χ1) is 4.18. The van der Waals surface area contributed by atoms with Crippen LogP contribution >= 0.6 is 24.2 Å². The van der Waals surface area contributed by atoms with Gasteiger partial charge in [0.1, 0.15) is 0 Å². The molecule has 0 aromatic heterocycles. The average molecular weight is 186 g/mol. The third-order valence-electron chi connectivity index (χ3n) is 0.833. The van der Waals surface area contributed by atoms with Crippen LogP contribution in [0.25, 0.3) is 0 Å². The van der Waals surface area contributed by atoms with Crippen molar-refractivity contribution < 1.29 is 9.90 Å². The molecule has 0 aliphatic heterocycles. The molecule has 0 saturated heterocycles. The predicted octanol–water partition coefficient (Wildman–Crippen LogP) is 0.573. The Balaban J connectivity index is 0. The maximum absolute atomic E-state index is 10.1. The van der Waals surface area contributed by atoms with Crippen molar-refractivity contribution in [3.63, 3.8) is 0 Å². The van der Waals surface area contributed by atoms with Gasteiger partial charge in [-0.3, -0.25) is 4.79 Å². The Morgan fingerprint density at radius 3 is 2.60 bits per heavy atom. The number of hydrogen-bond acceptors (Lipinski definition) is 3. The summed E-state index contributed by atoms with van der Waals surface area (Å²) in [7, 11) is 0. The molecule has 0 radical (unpaired) electrons. The number of carboxylic acid groups (broad SMARTS) is 1. The molecular weight excluding hydrogens is 174 g/mol. The van der Waals surface area contributed by atoms with Gasteiger partial charge in [-0.2, -0.15) is 0 Å². The van der Waals surface area contributed by atoms with Crippen LogP contribution in [0.3, 0.4) is 0 Å². The fourth-order valence-corrected chi connectivity index (χ4v) is 0.948. The van der Waals surface area contributed by atoms with E-state index < -0.39 is 5.97 Å². The van der Waals surface area contributed by atoms with Crippen molar-refractivity contribution in [1.82, 2.24) is 0 Å². The van der Waals surface area contributed by atoms with Crippen LogP contribution in [-0.4, -0.2) is 28.6 Å². The average Bonchev–Trinajstić information content (AvgIpc) is 1.82. The Hall–Kier alpha value is 0.0700. The number of hydrogen-bond donors (Lipinski definition) is 2. The van der Waals surface area contributed by atoms with Crippen molar-refractivity contribution in [3.05, 3.63) is 0 Å². The van der Waals surface area contributed by atoms with Crippen LogP contribution in [0, 0.1) is 0 Å². The smallest absolute Gasteiger partial charge is 0.316 e. The lowest BCUT2D eigenvalue weighted by Gasteiger charge is -2.02. The Kier molecular flexibility index (Phi) is 9.13. The second-order valence-corrected chi connectivity index (χ2v) is 3.09. The summed E-state index contributed by atoms with van der Waals surface area (Å²) in [4.78, 5) is 10.1. The van der Waals surface area contributed by atoms with Gasteiger partial charge in [-0.15, -0.1) is 24.2 Å². The van der Waals surface area contributed by atoms with Crippen LogP contribution in [0.15, 0.2) is 0 Å². The van der Waals surface area contributed by atoms with E-state index in [1.54, 1.807) is 6.92 Å². The molecular formula is C5H12ClNO2S. The highest BCUT2D eigenvalue weighted by Gasteiger charge is 2.08. The van der Waals surface area contributed by atoms with Gasteiger partial charge < -0.3 is 10.8 Å². The van der Waals surface area contributed by atoms with Crippen LogP contribution in [0.5, 0.6) is 0 Å². The van der Waals surface area contributed by atoms with E-state index in [1.165, 1.54) is 11.8 Å². The van der Waals surface area contributed by atoms with E-state index in [4.69, 9.17) is 10.8 Å². The second kappa shape index (κ2) is 7.18. The molecule has 0 aromatic carbocycles. The van der Waals surface area contributed by atoms with E-state index in [9.17, 15) is 4.79 Å². The number of carbonyl (C=O) groups is 1. The molecule has 3 N–H and O–H groups in total. The molecule has 62 valence electrons. The summed E-state index contributed by atoms with van der Waals surface area (Å²) in [5.74, 6) is -0.0542. The first-order valence-electron chi connectivity index (χ1n) is 2.73. The summed E-state index contributed by atoms with van der Waals surface area (Å²) in [5.41, 5.74) is 5.16. The molecule has 0 saturated carbocycles. The van der Waals surface area contributed by atoms with E-state index in [0.29, 0.717) is 12.3 Å². The normalized spacial score (nSPS) is 11.8. The molecule has 10 heavy (non-hydrogen) atoms. The fourth-order valence-electron chi connectivity index (χ4n) is 0.316. The van der Waals surface area contributed by atoms with Gasteiger partial charge in [0.25, 0.3) is 0 Å². The molecule has 0 aliphatic carbocycles. The molecule has 0 fully saturated rings. The third kappa shape index (κ3) is 6.19. The summed E-state index contributed by atoms with van der Waals surface area (Å²) >= 11 is 1.36. The lowest BCUT2D eigenvalue weighted by molar-refractivity contribution is -0.136. The first-order valence-corrected chi connectivity index (χ1v) is 3.78. The molecule has 5 heteroatoms. The zero-order valence-electron chi connectivity index (χ0n) is 5.74. The van der Waals surface area contributed by atoms with Crippen molar-refractivity contribution in [2.24, 2.45) is 5.73 Å². The monoisotopic (exact) mass is 185 g/mol. The maximum Gasteiger partial charge on any atom is 0.316 e. The van der Waals surface area contributed by atoms with Crippen molar-refractivity contribution in [2.75, 3.05) is 12.3 Å². The van der Waals surface area contributed by atoms with Crippen LogP contribution in [0.4, 0.5) is 0 Å². The number of rotatable bonds is 4. The minimum absolute atomic E-state index is 0. The van der Waals surface area contributed by atoms with Crippen molar-refractivity contribution in [2.45, 2.75) is 12.2 Å². The molecule has 1 unspecified atom stereocenters.